The van der Waals surface area contributed by atoms with Gasteiger partial charge in [0.1, 0.15) is 0 Å². The van der Waals surface area contributed by atoms with Gasteiger partial charge in [-0.1, -0.05) is 26.7 Å². The van der Waals surface area contributed by atoms with Crippen molar-refractivity contribution in [3.8, 4) is 0 Å². The molecule has 0 radical (unpaired) electrons. The second-order valence-corrected chi connectivity index (χ2v) is 4.38. The minimum Gasteiger partial charge on any atom is -0.319 e. The quantitative estimate of drug-likeness (QED) is 0.685. The summed E-state index contributed by atoms with van der Waals surface area (Å²) in [5, 5.41) is 3.30. The highest BCUT2D eigenvalue weighted by Gasteiger charge is 2.25. The molecular formula is C11H23N. The normalized spacial score (nSPS) is 36.8. The van der Waals surface area contributed by atoms with Crippen LogP contribution in [0.4, 0.5) is 0 Å². The fourth-order valence-corrected chi connectivity index (χ4v) is 2.51. The summed E-state index contributed by atoms with van der Waals surface area (Å²) < 4.78 is 0. The third-order valence-corrected chi connectivity index (χ3v) is 3.50. The van der Waals surface area contributed by atoms with Crippen molar-refractivity contribution in [3.05, 3.63) is 0 Å². The summed E-state index contributed by atoms with van der Waals surface area (Å²) in [6.45, 7) is 5.97. The van der Waals surface area contributed by atoms with Crippen molar-refractivity contribution >= 4 is 0 Å². The maximum Gasteiger partial charge on any atom is -0.00210 e. The molecule has 1 fully saturated rings. The molecule has 1 nitrogen and oxygen atoms in total. The van der Waals surface area contributed by atoms with Crippen LogP contribution in [0.1, 0.15) is 39.5 Å². The minimum atomic E-state index is 0.941. The molecule has 3 unspecified atom stereocenters. The van der Waals surface area contributed by atoms with E-state index in [1.807, 2.05) is 0 Å². The van der Waals surface area contributed by atoms with Gasteiger partial charge < -0.3 is 5.32 Å². The molecule has 1 rings (SSSR count). The van der Waals surface area contributed by atoms with E-state index in [1.165, 1.54) is 32.2 Å². The van der Waals surface area contributed by atoms with Crippen molar-refractivity contribution in [2.24, 2.45) is 17.8 Å². The summed E-state index contributed by atoms with van der Waals surface area (Å²) in [5.74, 6) is 2.90. The van der Waals surface area contributed by atoms with Gasteiger partial charge in [0.25, 0.3) is 0 Å². The lowest BCUT2D eigenvalue weighted by atomic mass is 9.74. The third kappa shape index (κ3) is 2.48. The van der Waals surface area contributed by atoms with Gasteiger partial charge >= 0.3 is 0 Å². The lowest BCUT2D eigenvalue weighted by Gasteiger charge is -2.33. The van der Waals surface area contributed by atoms with Crippen LogP contribution in [0, 0.1) is 17.8 Å². The summed E-state index contributed by atoms with van der Waals surface area (Å²) in [4.78, 5) is 0. The van der Waals surface area contributed by atoms with Gasteiger partial charge in [0.2, 0.25) is 0 Å². The first-order valence-electron chi connectivity index (χ1n) is 5.42. The summed E-state index contributed by atoms with van der Waals surface area (Å²) in [6, 6.07) is 0. The highest BCUT2D eigenvalue weighted by atomic mass is 14.8. The number of nitrogens with one attached hydrogen (secondary N) is 1. The van der Waals surface area contributed by atoms with Gasteiger partial charge in [-0.25, -0.2) is 0 Å². The molecular weight excluding hydrogens is 146 g/mol. The zero-order chi connectivity index (χ0) is 8.97. The van der Waals surface area contributed by atoms with Gasteiger partial charge in [-0.3, -0.25) is 0 Å². The summed E-state index contributed by atoms with van der Waals surface area (Å²) in [5.41, 5.74) is 0. The standard InChI is InChI=1S/C11H23N/c1-4-10-5-6-11(8-12-3)9(2)7-10/h9-12H,4-8H2,1-3H3. The first kappa shape index (κ1) is 10.0. The molecule has 0 spiro atoms. The molecule has 0 bridgehead atoms. The predicted octanol–water partition coefficient (Wildman–Crippen LogP) is 2.67. The van der Waals surface area contributed by atoms with Crippen molar-refractivity contribution in [2.75, 3.05) is 13.6 Å². The minimum absolute atomic E-state index is 0.941. The molecule has 1 heteroatoms. The summed E-state index contributed by atoms with van der Waals surface area (Å²) in [7, 11) is 2.07. The van der Waals surface area contributed by atoms with E-state index in [1.54, 1.807) is 0 Å². The van der Waals surface area contributed by atoms with Crippen molar-refractivity contribution in [1.29, 1.82) is 0 Å². The SMILES string of the molecule is CCC1CCC(CNC)C(C)C1. The molecule has 0 aromatic carbocycles. The van der Waals surface area contributed by atoms with Gasteiger partial charge in [-0.05, 0) is 44.2 Å². The van der Waals surface area contributed by atoms with E-state index in [9.17, 15) is 0 Å². The maximum absolute atomic E-state index is 3.30. The zero-order valence-electron chi connectivity index (χ0n) is 8.77. The van der Waals surface area contributed by atoms with E-state index in [0.29, 0.717) is 0 Å². The van der Waals surface area contributed by atoms with Crippen molar-refractivity contribution in [2.45, 2.75) is 39.5 Å². The first-order valence-corrected chi connectivity index (χ1v) is 5.42. The van der Waals surface area contributed by atoms with Crippen molar-refractivity contribution < 1.29 is 0 Å². The van der Waals surface area contributed by atoms with E-state index < -0.39 is 0 Å². The highest BCUT2D eigenvalue weighted by Crippen LogP contribution is 2.34. The lowest BCUT2D eigenvalue weighted by molar-refractivity contribution is 0.189. The Balaban J connectivity index is 2.31. The van der Waals surface area contributed by atoms with Gasteiger partial charge in [0.05, 0.1) is 0 Å². The Morgan fingerprint density at radius 1 is 1.33 bits per heavy atom. The molecule has 0 aromatic rings. The average Bonchev–Trinajstić information content (AvgIpc) is 2.09. The molecule has 1 N–H and O–H groups in total. The zero-order valence-corrected chi connectivity index (χ0v) is 8.77. The van der Waals surface area contributed by atoms with E-state index in [2.05, 4.69) is 26.2 Å². The maximum atomic E-state index is 3.30. The molecule has 3 atom stereocenters. The van der Waals surface area contributed by atoms with Gasteiger partial charge in [-0.15, -0.1) is 0 Å². The Bertz CT molecular complexity index is 122. The molecule has 0 saturated heterocycles. The largest absolute Gasteiger partial charge is 0.319 e. The van der Waals surface area contributed by atoms with Crippen LogP contribution in [0.5, 0.6) is 0 Å². The van der Waals surface area contributed by atoms with Crippen LogP contribution in [0.2, 0.25) is 0 Å². The Hall–Kier alpha value is -0.0400. The Morgan fingerprint density at radius 3 is 2.58 bits per heavy atom. The molecule has 0 aromatic heterocycles. The molecule has 0 aliphatic heterocycles. The number of hydrogen-bond donors (Lipinski definition) is 1. The van der Waals surface area contributed by atoms with Crippen LogP contribution in [-0.2, 0) is 0 Å². The smallest absolute Gasteiger partial charge is 0.00210 e. The summed E-state index contributed by atoms with van der Waals surface area (Å²) in [6.07, 6.45) is 5.76. The number of hydrogen-bond acceptors (Lipinski definition) is 1. The fourth-order valence-electron chi connectivity index (χ4n) is 2.51. The Morgan fingerprint density at radius 2 is 2.08 bits per heavy atom. The third-order valence-electron chi connectivity index (χ3n) is 3.50. The monoisotopic (exact) mass is 169 g/mol. The van der Waals surface area contributed by atoms with E-state index in [0.717, 1.165) is 17.8 Å². The molecule has 72 valence electrons. The van der Waals surface area contributed by atoms with Crippen molar-refractivity contribution in [3.63, 3.8) is 0 Å². The van der Waals surface area contributed by atoms with Crippen molar-refractivity contribution in [1.82, 2.24) is 5.32 Å². The Kier molecular flexibility index (Phi) is 4.07. The van der Waals surface area contributed by atoms with Crippen LogP contribution in [0.25, 0.3) is 0 Å². The van der Waals surface area contributed by atoms with Crippen LogP contribution in [0.15, 0.2) is 0 Å². The fraction of sp³-hybridized carbons (Fsp3) is 1.00. The molecule has 1 aliphatic rings. The second kappa shape index (κ2) is 4.86. The van der Waals surface area contributed by atoms with Crippen LogP contribution in [0.3, 0.4) is 0 Å². The highest BCUT2D eigenvalue weighted by molar-refractivity contribution is 4.78. The molecule has 12 heavy (non-hydrogen) atoms. The topological polar surface area (TPSA) is 12.0 Å². The van der Waals surface area contributed by atoms with E-state index in [-0.39, 0.29) is 0 Å². The van der Waals surface area contributed by atoms with E-state index >= 15 is 0 Å². The second-order valence-electron chi connectivity index (χ2n) is 4.38. The molecule has 0 amide bonds. The van der Waals surface area contributed by atoms with Gasteiger partial charge in [-0.2, -0.15) is 0 Å². The average molecular weight is 169 g/mol. The van der Waals surface area contributed by atoms with Gasteiger partial charge in [0.15, 0.2) is 0 Å². The van der Waals surface area contributed by atoms with E-state index in [4.69, 9.17) is 0 Å². The molecule has 0 heterocycles. The van der Waals surface area contributed by atoms with Crippen LogP contribution < -0.4 is 5.32 Å². The summed E-state index contributed by atoms with van der Waals surface area (Å²) >= 11 is 0. The van der Waals surface area contributed by atoms with Crippen LogP contribution >= 0.6 is 0 Å². The Labute approximate surface area is 76.9 Å². The predicted molar refractivity (Wildman–Crippen MR) is 54.2 cm³/mol. The van der Waals surface area contributed by atoms with Crippen LogP contribution in [-0.4, -0.2) is 13.6 Å². The number of rotatable bonds is 3. The molecule has 1 aliphatic carbocycles. The van der Waals surface area contributed by atoms with Gasteiger partial charge in [0, 0.05) is 0 Å². The first-order chi connectivity index (χ1) is 5.77. The molecule has 1 saturated carbocycles. The lowest BCUT2D eigenvalue weighted by Crippen LogP contribution is -2.30.